The minimum absolute atomic E-state index is 0.0314. The van der Waals surface area contributed by atoms with E-state index in [4.69, 9.17) is 9.72 Å². The lowest BCUT2D eigenvalue weighted by atomic mass is 9.97. The summed E-state index contributed by atoms with van der Waals surface area (Å²) >= 11 is 0. The Balaban J connectivity index is 1.36. The topological polar surface area (TPSA) is 85.2 Å². The molecule has 0 bridgehead atoms. The van der Waals surface area contributed by atoms with Crippen LogP contribution in [0.25, 0.3) is 11.2 Å². The predicted octanol–water partition coefficient (Wildman–Crippen LogP) is 3.42. The molecule has 1 N–H and O–H groups in total. The number of imidazole rings is 1. The number of carbonyl (C=O) groups excluding carboxylic acids is 1. The quantitative estimate of drug-likeness (QED) is 0.696. The van der Waals surface area contributed by atoms with E-state index in [-0.39, 0.29) is 11.8 Å². The Morgan fingerprint density at radius 2 is 2.10 bits per heavy atom. The van der Waals surface area contributed by atoms with E-state index < -0.39 is 0 Å². The number of methoxy groups -OCH3 is 1. The predicted molar refractivity (Wildman–Crippen MR) is 119 cm³/mol. The van der Waals surface area contributed by atoms with Gasteiger partial charge in [-0.25, -0.2) is 15.0 Å². The van der Waals surface area contributed by atoms with Crippen LogP contribution in [-0.2, 0) is 17.8 Å². The average molecular weight is 421 g/mol. The van der Waals surface area contributed by atoms with Crippen molar-refractivity contribution in [2.45, 2.75) is 45.1 Å². The van der Waals surface area contributed by atoms with Crippen molar-refractivity contribution in [3.05, 3.63) is 36.4 Å². The normalized spacial score (nSPS) is 19.0. The average Bonchev–Trinajstić information content (AvgIpc) is 3.00. The molecule has 0 aliphatic carbocycles. The molecular weight excluding hydrogens is 392 g/mol. The van der Waals surface area contributed by atoms with Gasteiger partial charge >= 0.3 is 0 Å². The van der Waals surface area contributed by atoms with Crippen LogP contribution in [0.1, 0.15) is 37.9 Å². The molecule has 1 fully saturated rings. The largest absolute Gasteiger partial charge is 0.497 e. The van der Waals surface area contributed by atoms with Crippen LogP contribution < -0.4 is 15.0 Å². The Hall–Kier alpha value is -3.16. The van der Waals surface area contributed by atoms with Gasteiger partial charge in [-0.05, 0) is 37.8 Å². The Bertz CT molecular complexity index is 1090. The maximum Gasteiger partial charge on any atom is 0.229 e. The van der Waals surface area contributed by atoms with Crippen LogP contribution in [-0.4, -0.2) is 45.6 Å². The van der Waals surface area contributed by atoms with Crippen LogP contribution in [0.15, 0.2) is 30.6 Å². The Labute approximate surface area is 181 Å². The van der Waals surface area contributed by atoms with Crippen LogP contribution in [0.2, 0.25) is 0 Å². The van der Waals surface area contributed by atoms with E-state index in [2.05, 4.69) is 24.8 Å². The number of nitrogens with one attached hydrogen (secondary N) is 1. The molecule has 31 heavy (non-hydrogen) atoms. The SMILES string of the molecule is COc1cccc(NC(=O)[C@@H]2CCCN(c3ncnc4c3nc3n4CCCCC3)C2)c1. The Morgan fingerprint density at radius 3 is 3.00 bits per heavy atom. The highest BCUT2D eigenvalue weighted by Gasteiger charge is 2.29. The molecule has 2 aliphatic heterocycles. The summed E-state index contributed by atoms with van der Waals surface area (Å²) in [6.45, 7) is 2.47. The number of piperidine rings is 1. The van der Waals surface area contributed by atoms with E-state index in [1.807, 2.05) is 24.3 Å². The number of ether oxygens (including phenoxy) is 1. The van der Waals surface area contributed by atoms with Gasteiger partial charge in [0.2, 0.25) is 5.91 Å². The molecule has 3 aromatic rings. The second-order valence-corrected chi connectivity index (χ2v) is 8.37. The van der Waals surface area contributed by atoms with Crippen molar-refractivity contribution < 1.29 is 9.53 Å². The number of benzene rings is 1. The zero-order valence-corrected chi connectivity index (χ0v) is 17.9. The van der Waals surface area contributed by atoms with Crippen LogP contribution in [0.4, 0.5) is 11.5 Å². The summed E-state index contributed by atoms with van der Waals surface area (Å²) in [7, 11) is 1.62. The van der Waals surface area contributed by atoms with Crippen LogP contribution in [0, 0.1) is 5.92 Å². The molecule has 1 aromatic carbocycles. The fourth-order valence-corrected chi connectivity index (χ4v) is 4.69. The van der Waals surface area contributed by atoms with E-state index in [0.717, 1.165) is 73.0 Å². The number of hydrogen-bond donors (Lipinski definition) is 1. The standard InChI is InChI=1S/C23H28N6O2/c1-31-18-9-5-8-17(13-18)26-23(30)16-7-6-11-28(14-16)21-20-22(25-15-24-21)29-12-4-2-3-10-19(29)27-20/h5,8-9,13,15-16H,2-4,6-7,10-12,14H2,1H3,(H,26,30)/t16-/m1/s1. The van der Waals surface area contributed by atoms with Gasteiger partial charge < -0.3 is 19.5 Å². The summed E-state index contributed by atoms with van der Waals surface area (Å²) in [5, 5.41) is 3.04. The number of aryl methyl sites for hydroxylation is 2. The molecule has 5 rings (SSSR count). The highest BCUT2D eigenvalue weighted by atomic mass is 16.5. The molecule has 0 unspecified atom stereocenters. The number of nitrogens with zero attached hydrogens (tertiary/aromatic N) is 5. The molecule has 1 saturated heterocycles. The van der Waals surface area contributed by atoms with Crippen molar-refractivity contribution in [2.24, 2.45) is 5.92 Å². The van der Waals surface area contributed by atoms with Gasteiger partial charge in [0.1, 0.15) is 17.9 Å². The summed E-state index contributed by atoms with van der Waals surface area (Å²) < 4.78 is 7.51. The van der Waals surface area contributed by atoms with Gasteiger partial charge in [0, 0.05) is 37.8 Å². The highest BCUT2D eigenvalue weighted by molar-refractivity contribution is 5.93. The first-order chi connectivity index (χ1) is 15.2. The van der Waals surface area contributed by atoms with Crippen molar-refractivity contribution in [2.75, 3.05) is 30.4 Å². The van der Waals surface area contributed by atoms with Gasteiger partial charge in [-0.1, -0.05) is 12.5 Å². The number of fused-ring (bicyclic) bond motifs is 3. The van der Waals surface area contributed by atoms with Crippen molar-refractivity contribution in [1.29, 1.82) is 0 Å². The number of rotatable bonds is 4. The first-order valence-electron chi connectivity index (χ1n) is 11.1. The monoisotopic (exact) mass is 420 g/mol. The number of hydrogen-bond acceptors (Lipinski definition) is 6. The third-order valence-electron chi connectivity index (χ3n) is 6.30. The van der Waals surface area contributed by atoms with Gasteiger partial charge in [0.25, 0.3) is 0 Å². The minimum atomic E-state index is -0.106. The number of carbonyl (C=O) groups is 1. The zero-order valence-electron chi connectivity index (χ0n) is 17.9. The lowest BCUT2D eigenvalue weighted by Crippen LogP contribution is -2.41. The first-order valence-corrected chi connectivity index (χ1v) is 11.1. The fourth-order valence-electron chi connectivity index (χ4n) is 4.69. The van der Waals surface area contributed by atoms with Gasteiger partial charge in [-0.3, -0.25) is 4.79 Å². The zero-order chi connectivity index (χ0) is 21.2. The van der Waals surface area contributed by atoms with Crippen LogP contribution in [0.3, 0.4) is 0 Å². The summed E-state index contributed by atoms with van der Waals surface area (Å²) in [5.41, 5.74) is 2.54. The van der Waals surface area contributed by atoms with Crippen LogP contribution >= 0.6 is 0 Å². The number of aromatic nitrogens is 4. The van der Waals surface area contributed by atoms with Crippen molar-refractivity contribution >= 4 is 28.6 Å². The third-order valence-corrected chi connectivity index (χ3v) is 6.30. The number of anilines is 2. The highest BCUT2D eigenvalue weighted by Crippen LogP contribution is 2.30. The molecule has 0 saturated carbocycles. The van der Waals surface area contributed by atoms with E-state index in [1.54, 1.807) is 13.4 Å². The summed E-state index contributed by atoms with van der Waals surface area (Å²) in [6.07, 6.45) is 7.99. The Morgan fingerprint density at radius 1 is 1.16 bits per heavy atom. The van der Waals surface area contributed by atoms with Crippen molar-refractivity contribution in [3.63, 3.8) is 0 Å². The van der Waals surface area contributed by atoms with Gasteiger partial charge in [0.05, 0.1) is 13.0 Å². The van der Waals surface area contributed by atoms with Gasteiger partial charge in [0.15, 0.2) is 17.0 Å². The second-order valence-electron chi connectivity index (χ2n) is 8.37. The van der Waals surface area contributed by atoms with Gasteiger partial charge in [-0.2, -0.15) is 0 Å². The smallest absolute Gasteiger partial charge is 0.229 e. The third kappa shape index (κ3) is 3.94. The second kappa shape index (κ2) is 8.53. The van der Waals surface area contributed by atoms with E-state index >= 15 is 0 Å². The van der Waals surface area contributed by atoms with Crippen LogP contribution in [0.5, 0.6) is 5.75 Å². The summed E-state index contributed by atoms with van der Waals surface area (Å²) in [6, 6.07) is 7.46. The molecule has 0 radical (unpaired) electrons. The fraction of sp³-hybridized carbons (Fsp3) is 0.478. The maximum atomic E-state index is 13.0. The molecular formula is C23H28N6O2. The number of amides is 1. The molecule has 2 aromatic heterocycles. The lowest BCUT2D eigenvalue weighted by molar-refractivity contribution is -0.120. The van der Waals surface area contributed by atoms with Crippen molar-refractivity contribution in [1.82, 2.24) is 19.5 Å². The summed E-state index contributed by atoms with van der Waals surface area (Å²) in [5.74, 6) is 2.61. The molecule has 2 aliphatic rings. The van der Waals surface area contributed by atoms with E-state index in [9.17, 15) is 4.79 Å². The molecule has 8 heteroatoms. The minimum Gasteiger partial charge on any atom is -0.497 e. The molecule has 0 spiro atoms. The summed E-state index contributed by atoms with van der Waals surface area (Å²) in [4.78, 5) is 29.2. The molecule has 4 heterocycles. The van der Waals surface area contributed by atoms with Gasteiger partial charge in [-0.15, -0.1) is 0 Å². The molecule has 162 valence electrons. The maximum absolute atomic E-state index is 13.0. The molecule has 1 amide bonds. The Kier molecular flexibility index (Phi) is 5.44. The molecule has 8 nitrogen and oxygen atoms in total. The van der Waals surface area contributed by atoms with E-state index in [0.29, 0.717) is 6.54 Å². The first kappa shape index (κ1) is 19.8. The van der Waals surface area contributed by atoms with E-state index in [1.165, 1.54) is 12.8 Å². The molecule has 1 atom stereocenters. The lowest BCUT2D eigenvalue weighted by Gasteiger charge is -2.32. The van der Waals surface area contributed by atoms with Crippen molar-refractivity contribution in [3.8, 4) is 5.75 Å².